The molecule has 0 spiro atoms. The van der Waals surface area contributed by atoms with Crippen LogP contribution in [0.4, 0.5) is 5.69 Å². The zero-order chi connectivity index (χ0) is 20.5. The van der Waals surface area contributed by atoms with Crippen LogP contribution >= 0.6 is 11.8 Å². The van der Waals surface area contributed by atoms with Crippen molar-refractivity contribution in [2.24, 2.45) is 0 Å². The molecule has 1 amide bonds. The molecule has 0 atom stereocenters. The van der Waals surface area contributed by atoms with Crippen LogP contribution < -0.4 is 14.4 Å². The fraction of sp³-hybridized carbons (Fsp3) is 0.632. The first-order chi connectivity index (χ1) is 12.5. The minimum Gasteiger partial charge on any atom is -0.494 e. The molecule has 0 aliphatic heterocycles. The van der Waals surface area contributed by atoms with Crippen LogP contribution in [0.2, 0.25) is 0 Å². The molecule has 1 rings (SSSR count). The van der Waals surface area contributed by atoms with Crippen LogP contribution in [0.5, 0.6) is 5.75 Å². The highest BCUT2D eigenvalue weighted by Gasteiger charge is 2.17. The van der Waals surface area contributed by atoms with E-state index < -0.39 is 10.0 Å². The van der Waals surface area contributed by atoms with Crippen molar-refractivity contribution >= 4 is 33.4 Å². The zero-order valence-electron chi connectivity index (χ0n) is 16.9. The van der Waals surface area contributed by atoms with Crippen molar-refractivity contribution in [3.8, 4) is 5.75 Å². The molecule has 0 bridgehead atoms. The molecular formula is C19H32N2O4S2. The third-order valence-corrected chi connectivity index (χ3v) is 6.03. The number of hydrogen-bond donors (Lipinski definition) is 1. The lowest BCUT2D eigenvalue weighted by atomic mass is 10.2. The van der Waals surface area contributed by atoms with Gasteiger partial charge in [0.2, 0.25) is 15.9 Å². The van der Waals surface area contributed by atoms with Crippen molar-refractivity contribution in [2.75, 3.05) is 36.0 Å². The number of carbonyl (C=O) groups excluding carboxylic acids is 1. The van der Waals surface area contributed by atoms with Crippen LogP contribution in [0, 0.1) is 0 Å². The fourth-order valence-corrected chi connectivity index (χ4v) is 4.16. The topological polar surface area (TPSA) is 75.7 Å². The third kappa shape index (κ3) is 9.91. The first-order valence-corrected chi connectivity index (χ1v) is 12.0. The van der Waals surface area contributed by atoms with E-state index in [0.717, 1.165) is 5.75 Å². The van der Waals surface area contributed by atoms with Gasteiger partial charge >= 0.3 is 0 Å². The lowest BCUT2D eigenvalue weighted by molar-refractivity contribution is -0.121. The molecule has 1 N–H and O–H groups in total. The summed E-state index contributed by atoms with van der Waals surface area (Å²) in [5.74, 6) is 1.50. The van der Waals surface area contributed by atoms with E-state index in [2.05, 4.69) is 26.1 Å². The van der Waals surface area contributed by atoms with Gasteiger partial charge in [-0.15, -0.1) is 0 Å². The molecule has 0 fully saturated rings. The van der Waals surface area contributed by atoms with Crippen molar-refractivity contribution in [2.45, 2.75) is 45.3 Å². The van der Waals surface area contributed by atoms with Crippen molar-refractivity contribution in [1.29, 1.82) is 0 Å². The van der Waals surface area contributed by atoms with Crippen molar-refractivity contribution in [1.82, 2.24) is 5.32 Å². The van der Waals surface area contributed by atoms with Crippen molar-refractivity contribution < 1.29 is 17.9 Å². The van der Waals surface area contributed by atoms with E-state index in [1.807, 2.05) is 6.92 Å². The molecule has 0 unspecified atom stereocenters. The molecule has 0 aliphatic rings. The number of rotatable bonds is 11. The van der Waals surface area contributed by atoms with Gasteiger partial charge in [-0.25, -0.2) is 8.42 Å². The summed E-state index contributed by atoms with van der Waals surface area (Å²) in [5, 5.41) is 2.88. The Labute approximate surface area is 168 Å². The van der Waals surface area contributed by atoms with Crippen LogP contribution in [0.3, 0.4) is 0 Å². The predicted molar refractivity (Wildman–Crippen MR) is 114 cm³/mol. The molecule has 6 nitrogen and oxygen atoms in total. The van der Waals surface area contributed by atoms with E-state index in [1.165, 1.54) is 10.6 Å². The molecule has 0 heterocycles. The number of anilines is 1. The molecule has 154 valence electrons. The summed E-state index contributed by atoms with van der Waals surface area (Å²) in [6.45, 7) is 9.75. The number of sulfonamides is 1. The summed E-state index contributed by atoms with van der Waals surface area (Å²) in [4.78, 5) is 11.9. The van der Waals surface area contributed by atoms with E-state index >= 15 is 0 Å². The SMILES string of the molecule is CCOc1ccc(N(CCCC(=O)NCCSC(C)(C)C)S(C)(=O)=O)cc1. The second-order valence-electron chi connectivity index (χ2n) is 7.18. The number of carbonyl (C=O) groups is 1. The van der Waals surface area contributed by atoms with Gasteiger partial charge in [-0.2, -0.15) is 11.8 Å². The van der Waals surface area contributed by atoms with Gasteiger partial charge in [-0.1, -0.05) is 20.8 Å². The average molecular weight is 417 g/mol. The van der Waals surface area contributed by atoms with Crippen LogP contribution in [-0.4, -0.2) is 50.8 Å². The van der Waals surface area contributed by atoms with Crippen LogP contribution in [-0.2, 0) is 14.8 Å². The predicted octanol–water partition coefficient (Wildman–Crippen LogP) is 3.28. The molecule has 0 saturated carbocycles. The number of ether oxygens (including phenoxy) is 1. The number of amides is 1. The van der Waals surface area contributed by atoms with Crippen molar-refractivity contribution in [3.05, 3.63) is 24.3 Å². The van der Waals surface area contributed by atoms with E-state index in [-0.39, 0.29) is 17.2 Å². The monoisotopic (exact) mass is 416 g/mol. The maximum absolute atomic E-state index is 12.1. The minimum atomic E-state index is -3.42. The summed E-state index contributed by atoms with van der Waals surface area (Å²) < 4.78 is 31.1. The van der Waals surface area contributed by atoms with Gasteiger partial charge in [-0.05, 0) is 37.6 Å². The van der Waals surface area contributed by atoms with Gasteiger partial charge in [-0.3, -0.25) is 9.10 Å². The Morgan fingerprint density at radius 1 is 1.22 bits per heavy atom. The first kappa shape index (κ1) is 23.6. The maximum Gasteiger partial charge on any atom is 0.232 e. The largest absolute Gasteiger partial charge is 0.494 e. The number of thioether (sulfide) groups is 1. The number of nitrogens with one attached hydrogen (secondary N) is 1. The van der Waals surface area contributed by atoms with Gasteiger partial charge in [0.25, 0.3) is 0 Å². The molecular weight excluding hydrogens is 384 g/mol. The Kier molecular flexibility index (Phi) is 9.45. The third-order valence-electron chi connectivity index (χ3n) is 3.56. The van der Waals surface area contributed by atoms with E-state index in [0.29, 0.717) is 37.4 Å². The number of nitrogens with zero attached hydrogens (tertiary/aromatic N) is 1. The molecule has 1 aromatic rings. The Morgan fingerprint density at radius 2 is 1.85 bits per heavy atom. The molecule has 1 aromatic carbocycles. The van der Waals surface area contributed by atoms with Gasteiger partial charge < -0.3 is 10.1 Å². The van der Waals surface area contributed by atoms with Gasteiger partial charge in [0.15, 0.2) is 0 Å². The lowest BCUT2D eigenvalue weighted by Gasteiger charge is -2.22. The highest BCUT2D eigenvalue weighted by atomic mass is 32.2. The van der Waals surface area contributed by atoms with Crippen LogP contribution in [0.15, 0.2) is 24.3 Å². The Morgan fingerprint density at radius 3 is 2.37 bits per heavy atom. The summed E-state index contributed by atoms with van der Waals surface area (Å²) in [7, 11) is -3.42. The van der Waals surface area contributed by atoms with E-state index in [4.69, 9.17) is 4.74 Å². The summed E-state index contributed by atoms with van der Waals surface area (Å²) in [6, 6.07) is 6.93. The Bertz CT molecular complexity index is 683. The molecule has 8 heteroatoms. The highest BCUT2D eigenvalue weighted by molar-refractivity contribution is 8.00. The van der Waals surface area contributed by atoms with E-state index in [1.54, 1.807) is 36.0 Å². The molecule has 0 saturated heterocycles. The van der Waals surface area contributed by atoms with E-state index in [9.17, 15) is 13.2 Å². The molecule has 0 aromatic heterocycles. The summed E-state index contributed by atoms with van der Waals surface area (Å²) >= 11 is 1.80. The van der Waals surface area contributed by atoms with Gasteiger partial charge in [0.1, 0.15) is 5.75 Å². The minimum absolute atomic E-state index is 0.0512. The molecule has 0 aliphatic carbocycles. The molecule has 27 heavy (non-hydrogen) atoms. The Hall–Kier alpha value is -1.41. The highest BCUT2D eigenvalue weighted by Crippen LogP contribution is 2.23. The lowest BCUT2D eigenvalue weighted by Crippen LogP contribution is -2.32. The van der Waals surface area contributed by atoms with Gasteiger partial charge in [0.05, 0.1) is 18.6 Å². The van der Waals surface area contributed by atoms with Crippen LogP contribution in [0.1, 0.15) is 40.5 Å². The molecule has 0 radical (unpaired) electrons. The smallest absolute Gasteiger partial charge is 0.232 e. The normalized spacial score (nSPS) is 11.9. The summed E-state index contributed by atoms with van der Waals surface area (Å²) in [5.41, 5.74) is 0.572. The summed E-state index contributed by atoms with van der Waals surface area (Å²) in [6.07, 6.45) is 1.93. The average Bonchev–Trinajstić information content (AvgIpc) is 2.55. The van der Waals surface area contributed by atoms with Gasteiger partial charge in [0, 0.05) is 30.0 Å². The fourth-order valence-electron chi connectivity index (χ4n) is 2.38. The Balaban J connectivity index is 2.51. The maximum atomic E-state index is 12.1. The second kappa shape index (κ2) is 10.8. The van der Waals surface area contributed by atoms with Crippen molar-refractivity contribution in [3.63, 3.8) is 0 Å². The zero-order valence-corrected chi connectivity index (χ0v) is 18.6. The second-order valence-corrected chi connectivity index (χ2v) is 11.0. The first-order valence-electron chi connectivity index (χ1n) is 9.14. The standard InChI is InChI=1S/C19H32N2O4S2/c1-6-25-17-11-9-16(10-12-17)21(27(5,23)24)14-7-8-18(22)20-13-15-26-19(2,3)4/h9-12H,6-8,13-15H2,1-5H3,(H,20,22). The quantitative estimate of drug-likeness (QED) is 0.560. The number of benzene rings is 1. The number of hydrogen-bond acceptors (Lipinski definition) is 5. The van der Waals surface area contributed by atoms with Crippen LogP contribution in [0.25, 0.3) is 0 Å².